The van der Waals surface area contributed by atoms with Crippen molar-refractivity contribution in [2.24, 2.45) is 7.05 Å². The third kappa shape index (κ3) is 3.97. The number of halogens is 1. The van der Waals surface area contributed by atoms with E-state index in [0.29, 0.717) is 11.4 Å². The first kappa shape index (κ1) is 18.0. The second-order valence-corrected chi connectivity index (χ2v) is 5.32. The van der Waals surface area contributed by atoms with Crippen LogP contribution in [0.2, 0.25) is 0 Å². The molecule has 0 radical (unpaired) electrons. The van der Waals surface area contributed by atoms with Gasteiger partial charge in [-0.25, -0.2) is 0 Å². The van der Waals surface area contributed by atoms with E-state index in [1.807, 2.05) is 0 Å². The monoisotopic (exact) mass is 349 g/mol. The van der Waals surface area contributed by atoms with E-state index in [0.717, 1.165) is 23.9 Å². The molecule has 0 fully saturated rings. The van der Waals surface area contributed by atoms with Crippen LogP contribution in [0.4, 0.5) is 15.8 Å². The summed E-state index contributed by atoms with van der Waals surface area (Å²) >= 11 is 0. The molecule has 10 heteroatoms. The van der Waals surface area contributed by atoms with Crippen molar-refractivity contribution < 1.29 is 18.9 Å². The molecule has 9 nitrogen and oxygen atoms in total. The van der Waals surface area contributed by atoms with Crippen molar-refractivity contribution in [2.45, 2.75) is 13.8 Å². The van der Waals surface area contributed by atoms with Crippen molar-refractivity contribution in [3.05, 3.63) is 51.1 Å². The van der Waals surface area contributed by atoms with Crippen LogP contribution in [0.25, 0.3) is 0 Å². The molecule has 0 unspecified atom stereocenters. The highest BCUT2D eigenvalue weighted by Gasteiger charge is 2.18. The van der Waals surface area contributed by atoms with Crippen LogP contribution >= 0.6 is 0 Å². The molecule has 2 aromatic rings. The van der Waals surface area contributed by atoms with Crippen molar-refractivity contribution in [1.82, 2.24) is 15.1 Å². The number of nitro groups is 1. The van der Waals surface area contributed by atoms with E-state index >= 15 is 0 Å². The van der Waals surface area contributed by atoms with E-state index in [1.54, 1.807) is 25.6 Å². The molecule has 25 heavy (non-hydrogen) atoms. The molecule has 2 amide bonds. The lowest BCUT2D eigenvalue weighted by atomic mass is 10.2. The SMILES string of the molecule is Cc1nn(C)c(C)c1NC(=O)CNC(=O)c1ccc(F)c([N+](=O)[O-])c1. The quantitative estimate of drug-likeness (QED) is 0.625. The molecule has 1 heterocycles. The standard InChI is InChI=1S/C15H16FN5O4/c1-8-14(9(2)20(3)19-8)18-13(22)7-17-15(23)10-4-5-11(16)12(6-10)21(24)25/h4-6H,7H2,1-3H3,(H,17,23)(H,18,22). The number of aryl methyl sites for hydroxylation is 2. The average Bonchev–Trinajstić information content (AvgIpc) is 2.79. The molecule has 0 aliphatic rings. The fourth-order valence-electron chi connectivity index (χ4n) is 2.19. The third-order valence-electron chi connectivity index (χ3n) is 3.59. The lowest BCUT2D eigenvalue weighted by Crippen LogP contribution is -2.33. The van der Waals surface area contributed by atoms with Crippen LogP contribution in [0.15, 0.2) is 18.2 Å². The molecule has 132 valence electrons. The van der Waals surface area contributed by atoms with Crippen LogP contribution in [-0.4, -0.2) is 33.1 Å². The van der Waals surface area contributed by atoms with Gasteiger partial charge in [-0.3, -0.25) is 24.4 Å². The van der Waals surface area contributed by atoms with Gasteiger partial charge in [0.25, 0.3) is 5.91 Å². The van der Waals surface area contributed by atoms with Crippen LogP contribution in [-0.2, 0) is 11.8 Å². The molecule has 0 saturated heterocycles. The Bertz CT molecular complexity index is 862. The summed E-state index contributed by atoms with van der Waals surface area (Å²) in [5, 5.41) is 19.8. The molecular formula is C15H16FN5O4. The molecule has 0 bridgehead atoms. The topological polar surface area (TPSA) is 119 Å². The molecular weight excluding hydrogens is 333 g/mol. The molecule has 0 spiro atoms. The van der Waals surface area contributed by atoms with Gasteiger partial charge < -0.3 is 10.6 Å². The first-order valence-electron chi connectivity index (χ1n) is 7.23. The van der Waals surface area contributed by atoms with E-state index in [2.05, 4.69) is 15.7 Å². The van der Waals surface area contributed by atoms with Gasteiger partial charge in [0.2, 0.25) is 11.7 Å². The predicted molar refractivity (Wildman–Crippen MR) is 86.7 cm³/mol. The van der Waals surface area contributed by atoms with E-state index < -0.39 is 28.2 Å². The van der Waals surface area contributed by atoms with Gasteiger partial charge in [0.1, 0.15) is 0 Å². The highest BCUT2D eigenvalue weighted by Crippen LogP contribution is 2.19. The van der Waals surface area contributed by atoms with Crippen LogP contribution in [0.1, 0.15) is 21.7 Å². The molecule has 1 aromatic heterocycles. The van der Waals surface area contributed by atoms with Crippen LogP contribution < -0.4 is 10.6 Å². The van der Waals surface area contributed by atoms with E-state index in [-0.39, 0.29) is 12.1 Å². The van der Waals surface area contributed by atoms with Gasteiger partial charge in [-0.15, -0.1) is 0 Å². The number of rotatable bonds is 5. The Kier molecular flexibility index (Phi) is 5.11. The number of nitrogens with one attached hydrogen (secondary N) is 2. The van der Waals surface area contributed by atoms with Gasteiger partial charge in [0.05, 0.1) is 28.5 Å². The van der Waals surface area contributed by atoms with Crippen molar-refractivity contribution in [3.8, 4) is 0 Å². The van der Waals surface area contributed by atoms with E-state index in [1.165, 1.54) is 0 Å². The highest BCUT2D eigenvalue weighted by molar-refractivity contribution is 6.00. The van der Waals surface area contributed by atoms with Crippen molar-refractivity contribution >= 4 is 23.2 Å². The summed E-state index contributed by atoms with van der Waals surface area (Å²) in [6.45, 7) is 3.17. The normalized spacial score (nSPS) is 10.4. The summed E-state index contributed by atoms with van der Waals surface area (Å²) in [7, 11) is 1.74. The number of aromatic nitrogens is 2. The Balaban J connectivity index is 2.01. The number of carbonyl (C=O) groups is 2. The van der Waals surface area contributed by atoms with Crippen molar-refractivity contribution in [3.63, 3.8) is 0 Å². The van der Waals surface area contributed by atoms with Gasteiger partial charge in [0.15, 0.2) is 0 Å². The molecule has 0 aliphatic heterocycles. The zero-order valence-corrected chi connectivity index (χ0v) is 13.8. The number of nitro benzene ring substituents is 1. The Hall–Kier alpha value is -3.30. The highest BCUT2D eigenvalue weighted by atomic mass is 19.1. The molecule has 0 saturated carbocycles. The maximum absolute atomic E-state index is 13.3. The van der Waals surface area contributed by atoms with Crippen LogP contribution in [0, 0.1) is 29.8 Å². The average molecular weight is 349 g/mol. The minimum absolute atomic E-state index is 0.116. The Morgan fingerprint density at radius 3 is 2.60 bits per heavy atom. The van der Waals surface area contributed by atoms with Crippen molar-refractivity contribution in [2.75, 3.05) is 11.9 Å². The van der Waals surface area contributed by atoms with Gasteiger partial charge in [-0.05, 0) is 26.0 Å². The summed E-state index contributed by atoms with van der Waals surface area (Å²) in [5.41, 5.74) is 1.02. The first-order chi connectivity index (χ1) is 11.7. The maximum atomic E-state index is 13.3. The molecule has 2 N–H and O–H groups in total. The van der Waals surface area contributed by atoms with Gasteiger partial charge in [0, 0.05) is 18.7 Å². The number of nitrogens with zero attached hydrogens (tertiary/aromatic N) is 3. The second-order valence-electron chi connectivity index (χ2n) is 5.32. The summed E-state index contributed by atoms with van der Waals surface area (Å²) in [6.07, 6.45) is 0. The van der Waals surface area contributed by atoms with E-state index in [4.69, 9.17) is 0 Å². The summed E-state index contributed by atoms with van der Waals surface area (Å²) < 4.78 is 14.9. The van der Waals surface area contributed by atoms with Gasteiger partial charge in [-0.1, -0.05) is 0 Å². The number of amides is 2. The molecule has 0 atom stereocenters. The fourth-order valence-corrected chi connectivity index (χ4v) is 2.19. The van der Waals surface area contributed by atoms with Crippen LogP contribution in [0.5, 0.6) is 0 Å². The number of benzene rings is 1. The predicted octanol–water partition coefficient (Wildman–Crippen LogP) is 1.45. The minimum atomic E-state index is -1.04. The molecule has 2 rings (SSSR count). The lowest BCUT2D eigenvalue weighted by molar-refractivity contribution is -0.387. The summed E-state index contributed by atoms with van der Waals surface area (Å²) in [6, 6.07) is 2.75. The van der Waals surface area contributed by atoms with Crippen LogP contribution in [0.3, 0.4) is 0 Å². The Morgan fingerprint density at radius 2 is 2.04 bits per heavy atom. The number of carbonyl (C=O) groups excluding carboxylic acids is 2. The van der Waals surface area contributed by atoms with E-state index in [9.17, 15) is 24.1 Å². The number of hydrogen-bond acceptors (Lipinski definition) is 5. The molecule has 0 aliphatic carbocycles. The zero-order chi connectivity index (χ0) is 18.7. The summed E-state index contributed by atoms with van der Waals surface area (Å²) in [4.78, 5) is 33.7. The van der Waals surface area contributed by atoms with Gasteiger partial charge >= 0.3 is 5.69 Å². The fraction of sp³-hybridized carbons (Fsp3) is 0.267. The largest absolute Gasteiger partial charge is 0.343 e. The number of anilines is 1. The molecule has 1 aromatic carbocycles. The lowest BCUT2D eigenvalue weighted by Gasteiger charge is -2.07. The minimum Gasteiger partial charge on any atom is -0.343 e. The smallest absolute Gasteiger partial charge is 0.305 e. The zero-order valence-electron chi connectivity index (χ0n) is 13.8. The first-order valence-corrected chi connectivity index (χ1v) is 7.23. The Labute approximate surface area is 142 Å². The second kappa shape index (κ2) is 7.07. The van der Waals surface area contributed by atoms with Gasteiger partial charge in [-0.2, -0.15) is 9.49 Å². The third-order valence-corrected chi connectivity index (χ3v) is 3.59. The number of hydrogen-bond donors (Lipinski definition) is 2. The van der Waals surface area contributed by atoms with Crippen molar-refractivity contribution in [1.29, 1.82) is 0 Å². The maximum Gasteiger partial charge on any atom is 0.305 e. The summed E-state index contributed by atoms with van der Waals surface area (Å²) in [5.74, 6) is -2.25. The Morgan fingerprint density at radius 1 is 1.36 bits per heavy atom.